The van der Waals surface area contributed by atoms with Gasteiger partial charge < -0.3 is 25.3 Å². The van der Waals surface area contributed by atoms with Gasteiger partial charge in [-0.2, -0.15) is 0 Å². The number of hydrogen-bond donors (Lipinski definition) is 3. The molecule has 2 aliphatic heterocycles. The number of benzene rings is 1. The molecule has 0 bridgehead atoms. The standard InChI is InChI=1S/C16H18ClN3O5S/c1-16(2)11(15(24)25-17)20-13(23)10(14(20)26-16)19-12(22)9(18)7-3-5-8(21)6-4-7/h3-6,9-11,14,21H,18H2,1-2H3,(H,19,22)/t9-,10-,11+,14-/m1/s1. The first-order chi connectivity index (χ1) is 12.2. The number of nitrogens with two attached hydrogens (primary N) is 1. The monoisotopic (exact) mass is 399 g/mol. The fraction of sp³-hybridized carbons (Fsp3) is 0.438. The molecule has 8 nitrogen and oxygen atoms in total. The average Bonchev–Trinajstić information content (AvgIpc) is 2.86. The van der Waals surface area contributed by atoms with Gasteiger partial charge in [0.25, 0.3) is 0 Å². The lowest BCUT2D eigenvalue weighted by molar-refractivity contribution is -0.159. The second kappa shape index (κ2) is 6.64. The van der Waals surface area contributed by atoms with E-state index in [0.717, 1.165) is 0 Å². The van der Waals surface area contributed by atoms with Crippen LogP contribution < -0.4 is 11.1 Å². The van der Waals surface area contributed by atoms with Gasteiger partial charge in [-0.25, -0.2) is 4.79 Å². The summed E-state index contributed by atoms with van der Waals surface area (Å²) in [7, 11) is 0. The summed E-state index contributed by atoms with van der Waals surface area (Å²) in [6.45, 7) is 3.62. The molecule has 1 aromatic carbocycles. The van der Waals surface area contributed by atoms with Crippen molar-refractivity contribution >= 4 is 41.4 Å². The summed E-state index contributed by atoms with van der Waals surface area (Å²) < 4.78 is 3.68. The van der Waals surface area contributed by atoms with Gasteiger partial charge in [0.15, 0.2) is 0 Å². The van der Waals surface area contributed by atoms with Crippen molar-refractivity contribution in [2.75, 3.05) is 0 Å². The minimum absolute atomic E-state index is 0.0629. The molecule has 4 N–H and O–H groups in total. The zero-order chi connectivity index (χ0) is 19.2. The summed E-state index contributed by atoms with van der Waals surface area (Å²) in [5.41, 5.74) is 6.44. The van der Waals surface area contributed by atoms with Crippen LogP contribution in [0.2, 0.25) is 0 Å². The third-order valence-corrected chi connectivity index (χ3v) is 6.30. The molecule has 140 valence electrons. The number of rotatable bonds is 4. The summed E-state index contributed by atoms with van der Waals surface area (Å²) >= 11 is 6.57. The van der Waals surface area contributed by atoms with Crippen molar-refractivity contribution in [3.8, 4) is 5.75 Å². The Hall–Kier alpha value is -1.97. The van der Waals surface area contributed by atoms with Crippen LogP contribution in [0.4, 0.5) is 0 Å². The number of nitrogens with zero attached hydrogens (tertiary/aromatic N) is 1. The number of amides is 2. The predicted octanol–water partition coefficient (Wildman–Crippen LogP) is 0.636. The van der Waals surface area contributed by atoms with Crippen LogP contribution in [-0.4, -0.2) is 50.0 Å². The van der Waals surface area contributed by atoms with Gasteiger partial charge in [0.05, 0.1) is 0 Å². The maximum atomic E-state index is 12.5. The van der Waals surface area contributed by atoms with Gasteiger partial charge in [-0.3, -0.25) is 9.59 Å². The quantitative estimate of drug-likeness (QED) is 0.635. The van der Waals surface area contributed by atoms with Gasteiger partial charge in [0.1, 0.15) is 41.1 Å². The fourth-order valence-corrected chi connectivity index (χ4v) is 4.95. The van der Waals surface area contributed by atoms with E-state index in [2.05, 4.69) is 9.61 Å². The van der Waals surface area contributed by atoms with Crippen molar-refractivity contribution in [3.05, 3.63) is 29.8 Å². The van der Waals surface area contributed by atoms with Gasteiger partial charge >= 0.3 is 5.97 Å². The third kappa shape index (κ3) is 3.00. The van der Waals surface area contributed by atoms with E-state index >= 15 is 0 Å². The fourth-order valence-electron chi connectivity index (χ4n) is 3.24. The second-order valence-corrected chi connectivity index (χ2v) is 8.64. The molecule has 0 spiro atoms. The van der Waals surface area contributed by atoms with Crippen LogP contribution in [0.15, 0.2) is 24.3 Å². The van der Waals surface area contributed by atoms with Crippen LogP contribution in [0.5, 0.6) is 5.75 Å². The Morgan fingerprint density at radius 2 is 2.00 bits per heavy atom. The van der Waals surface area contributed by atoms with E-state index in [1.807, 2.05) is 13.8 Å². The summed E-state index contributed by atoms with van der Waals surface area (Å²) in [5.74, 6) is -1.54. The van der Waals surface area contributed by atoms with Crippen molar-refractivity contribution in [3.63, 3.8) is 0 Å². The van der Waals surface area contributed by atoms with Crippen molar-refractivity contribution in [1.82, 2.24) is 10.2 Å². The summed E-state index contributed by atoms with van der Waals surface area (Å²) in [5, 5.41) is 11.6. The number of aromatic hydroxyl groups is 1. The van der Waals surface area contributed by atoms with Crippen LogP contribution in [0.1, 0.15) is 25.5 Å². The molecule has 0 aromatic heterocycles. The first-order valence-corrected chi connectivity index (χ1v) is 9.03. The Balaban J connectivity index is 1.71. The molecule has 0 radical (unpaired) electrons. The van der Waals surface area contributed by atoms with E-state index in [1.54, 1.807) is 0 Å². The lowest BCUT2D eigenvalue weighted by Gasteiger charge is -2.43. The van der Waals surface area contributed by atoms with Crippen molar-refractivity contribution in [1.29, 1.82) is 0 Å². The Labute approximate surface area is 159 Å². The van der Waals surface area contributed by atoms with Gasteiger partial charge in [0.2, 0.25) is 11.8 Å². The highest BCUT2D eigenvalue weighted by molar-refractivity contribution is 8.01. The van der Waals surface area contributed by atoms with Gasteiger partial charge in [0, 0.05) is 4.75 Å². The molecule has 0 aliphatic carbocycles. The van der Waals surface area contributed by atoms with Crippen molar-refractivity contribution in [2.24, 2.45) is 5.73 Å². The summed E-state index contributed by atoms with van der Waals surface area (Å²) in [6, 6.07) is 3.35. The number of thioether (sulfide) groups is 1. The number of carbonyl (C=O) groups excluding carboxylic acids is 3. The predicted molar refractivity (Wildman–Crippen MR) is 95.0 cm³/mol. The lowest BCUT2D eigenvalue weighted by Crippen LogP contribution is -2.71. The van der Waals surface area contributed by atoms with Crippen LogP contribution in [0, 0.1) is 0 Å². The molecule has 2 aliphatic rings. The molecule has 2 saturated heterocycles. The first-order valence-electron chi connectivity index (χ1n) is 7.84. The number of phenols is 1. The summed E-state index contributed by atoms with van der Waals surface area (Å²) in [4.78, 5) is 38.2. The Bertz CT molecular complexity index is 757. The third-order valence-electron chi connectivity index (χ3n) is 4.57. The van der Waals surface area contributed by atoms with Gasteiger partial charge in [-0.15, -0.1) is 11.8 Å². The number of hydrogen-bond acceptors (Lipinski definition) is 7. The Morgan fingerprint density at radius 1 is 1.38 bits per heavy atom. The zero-order valence-corrected chi connectivity index (χ0v) is 15.6. The molecule has 0 saturated carbocycles. The molecule has 2 amide bonds. The number of halogens is 1. The topological polar surface area (TPSA) is 122 Å². The normalized spacial score (nSPS) is 27.3. The van der Waals surface area contributed by atoms with E-state index in [-0.39, 0.29) is 11.7 Å². The van der Waals surface area contributed by atoms with E-state index in [9.17, 15) is 19.5 Å². The first kappa shape index (κ1) is 18.8. The van der Waals surface area contributed by atoms with Crippen LogP contribution in [-0.2, 0) is 18.7 Å². The van der Waals surface area contributed by atoms with Crippen LogP contribution >= 0.6 is 23.6 Å². The van der Waals surface area contributed by atoms with Crippen LogP contribution in [0.3, 0.4) is 0 Å². The minimum Gasteiger partial charge on any atom is -0.508 e. The SMILES string of the molecule is CC1(C)S[C@@H]2[C@H](NC(=O)[C@H](N)c3ccc(O)cc3)C(=O)N2[C@H]1C(=O)OCl. The highest BCUT2D eigenvalue weighted by atomic mass is 35.5. The molecule has 2 heterocycles. The Morgan fingerprint density at radius 3 is 2.58 bits per heavy atom. The molecule has 10 heteroatoms. The second-order valence-electron chi connectivity index (χ2n) is 6.71. The highest BCUT2D eigenvalue weighted by Gasteiger charge is 2.64. The minimum atomic E-state index is -0.986. The average molecular weight is 400 g/mol. The van der Waals surface area contributed by atoms with Crippen LogP contribution in [0.25, 0.3) is 0 Å². The number of phenolic OH excluding ortho intramolecular Hbond substituents is 1. The van der Waals surface area contributed by atoms with E-state index in [4.69, 9.17) is 17.6 Å². The largest absolute Gasteiger partial charge is 0.508 e. The van der Waals surface area contributed by atoms with E-state index in [0.29, 0.717) is 5.56 Å². The zero-order valence-electron chi connectivity index (χ0n) is 14.0. The van der Waals surface area contributed by atoms with Gasteiger partial charge in [-0.1, -0.05) is 12.1 Å². The molecule has 3 rings (SSSR count). The Kier molecular flexibility index (Phi) is 4.80. The van der Waals surface area contributed by atoms with Crippen molar-refractivity contribution in [2.45, 2.75) is 42.1 Å². The molecule has 26 heavy (non-hydrogen) atoms. The van der Waals surface area contributed by atoms with E-state index in [1.165, 1.54) is 40.9 Å². The molecule has 4 atom stereocenters. The maximum Gasteiger partial charge on any atom is 0.348 e. The van der Waals surface area contributed by atoms with Crippen molar-refractivity contribution < 1.29 is 23.8 Å². The maximum absolute atomic E-state index is 12.5. The highest BCUT2D eigenvalue weighted by Crippen LogP contribution is 2.51. The van der Waals surface area contributed by atoms with E-state index < -0.39 is 40.1 Å². The summed E-state index contributed by atoms with van der Waals surface area (Å²) in [6.07, 6.45) is 0. The number of carbonyl (C=O) groups is 3. The molecule has 2 fully saturated rings. The number of nitrogens with one attached hydrogen (secondary N) is 1. The molecular formula is C16H18ClN3O5S. The number of fused-ring (bicyclic) bond motifs is 1. The molecule has 1 aromatic rings. The lowest BCUT2D eigenvalue weighted by atomic mass is 9.95. The number of β-lactam (4-membered cyclic amide) rings is 1. The smallest absolute Gasteiger partial charge is 0.348 e. The molecule has 0 unspecified atom stereocenters. The molecular weight excluding hydrogens is 382 g/mol. The van der Waals surface area contributed by atoms with Gasteiger partial charge in [-0.05, 0) is 31.5 Å².